The van der Waals surface area contributed by atoms with Gasteiger partial charge in [0.15, 0.2) is 0 Å². The molecular formula is C11H12N2O2. The second-order valence-electron chi connectivity index (χ2n) is 3.56. The van der Waals surface area contributed by atoms with Gasteiger partial charge in [-0.1, -0.05) is 18.2 Å². The van der Waals surface area contributed by atoms with Crippen LogP contribution in [0.2, 0.25) is 0 Å². The Hall–Kier alpha value is -1.84. The summed E-state index contributed by atoms with van der Waals surface area (Å²) in [6, 6.07) is 5.84. The maximum atomic E-state index is 10.5. The molecule has 0 fully saturated rings. The summed E-state index contributed by atoms with van der Waals surface area (Å²) in [6.07, 6.45) is 0.669. The summed E-state index contributed by atoms with van der Waals surface area (Å²) in [5, 5.41) is 16.8. The van der Waals surface area contributed by atoms with Crippen LogP contribution in [-0.4, -0.2) is 21.3 Å². The monoisotopic (exact) mass is 204 g/mol. The number of hydrogen-bond donors (Lipinski definition) is 2. The van der Waals surface area contributed by atoms with Gasteiger partial charge in [-0.25, -0.2) is 0 Å². The quantitative estimate of drug-likeness (QED) is 0.802. The predicted molar refractivity (Wildman–Crippen MR) is 56.8 cm³/mol. The van der Waals surface area contributed by atoms with Crippen LogP contribution >= 0.6 is 0 Å². The van der Waals surface area contributed by atoms with Crippen molar-refractivity contribution in [3.05, 3.63) is 29.5 Å². The molecule has 0 aliphatic heterocycles. The van der Waals surface area contributed by atoms with E-state index < -0.39 is 5.97 Å². The Labute approximate surface area is 86.9 Å². The van der Waals surface area contributed by atoms with Gasteiger partial charge in [0, 0.05) is 17.5 Å². The predicted octanol–water partition coefficient (Wildman–Crippen LogP) is 1.89. The third-order valence-electron chi connectivity index (χ3n) is 2.47. The number of carboxylic acids is 1. The van der Waals surface area contributed by atoms with Gasteiger partial charge in [-0.3, -0.25) is 9.89 Å². The Morgan fingerprint density at radius 3 is 3.07 bits per heavy atom. The average molecular weight is 204 g/mol. The van der Waals surface area contributed by atoms with Crippen LogP contribution in [0.25, 0.3) is 10.9 Å². The Bertz CT molecular complexity index is 502. The van der Waals surface area contributed by atoms with Gasteiger partial charge in [0.2, 0.25) is 0 Å². The minimum Gasteiger partial charge on any atom is -0.481 e. The zero-order valence-electron chi connectivity index (χ0n) is 8.45. The van der Waals surface area contributed by atoms with Crippen LogP contribution in [0.1, 0.15) is 17.7 Å². The summed E-state index contributed by atoms with van der Waals surface area (Å²) < 4.78 is 0. The highest BCUT2D eigenvalue weighted by Gasteiger charge is 2.07. The molecule has 15 heavy (non-hydrogen) atoms. The van der Waals surface area contributed by atoms with Crippen LogP contribution in [0, 0.1) is 6.92 Å². The van der Waals surface area contributed by atoms with Gasteiger partial charge < -0.3 is 5.11 Å². The summed E-state index contributed by atoms with van der Waals surface area (Å²) in [5.74, 6) is -0.778. The van der Waals surface area contributed by atoms with E-state index in [-0.39, 0.29) is 6.42 Å². The van der Waals surface area contributed by atoms with E-state index >= 15 is 0 Å². The molecule has 1 aromatic heterocycles. The third kappa shape index (κ3) is 1.83. The summed E-state index contributed by atoms with van der Waals surface area (Å²) in [5.41, 5.74) is 2.89. The third-order valence-corrected chi connectivity index (χ3v) is 2.47. The maximum absolute atomic E-state index is 10.5. The molecule has 2 aromatic rings. The second-order valence-corrected chi connectivity index (χ2v) is 3.56. The topological polar surface area (TPSA) is 66.0 Å². The Balaban J connectivity index is 2.38. The van der Waals surface area contributed by atoms with Crippen molar-refractivity contribution in [2.75, 3.05) is 0 Å². The summed E-state index contributed by atoms with van der Waals surface area (Å²) in [7, 11) is 0. The smallest absolute Gasteiger partial charge is 0.303 e. The molecule has 1 aromatic carbocycles. The Morgan fingerprint density at radius 2 is 2.33 bits per heavy atom. The lowest BCUT2D eigenvalue weighted by molar-refractivity contribution is -0.136. The molecule has 4 nitrogen and oxygen atoms in total. The van der Waals surface area contributed by atoms with Crippen molar-refractivity contribution in [2.24, 2.45) is 0 Å². The fourth-order valence-corrected chi connectivity index (χ4v) is 1.67. The SMILES string of the molecule is Cc1[nH]nc2c(CCC(=O)O)cccc12. The van der Waals surface area contributed by atoms with E-state index in [4.69, 9.17) is 5.11 Å². The number of para-hydroxylation sites is 1. The number of carboxylic acid groups (broad SMARTS) is 1. The van der Waals surface area contributed by atoms with Gasteiger partial charge in [-0.15, -0.1) is 0 Å². The number of benzene rings is 1. The fraction of sp³-hybridized carbons (Fsp3) is 0.273. The molecule has 0 radical (unpaired) electrons. The van der Waals surface area contributed by atoms with Crippen LogP contribution in [0.3, 0.4) is 0 Å². The van der Waals surface area contributed by atoms with Crippen LogP contribution in [0.5, 0.6) is 0 Å². The van der Waals surface area contributed by atoms with Crippen LogP contribution in [0.15, 0.2) is 18.2 Å². The zero-order chi connectivity index (χ0) is 10.8. The first-order valence-corrected chi connectivity index (χ1v) is 4.83. The number of rotatable bonds is 3. The number of aryl methyl sites for hydroxylation is 2. The molecule has 1 heterocycles. The number of aliphatic carboxylic acids is 1. The number of aromatic nitrogens is 2. The second kappa shape index (κ2) is 3.73. The molecular weight excluding hydrogens is 192 g/mol. The molecule has 0 bridgehead atoms. The molecule has 0 unspecified atom stereocenters. The summed E-state index contributed by atoms with van der Waals surface area (Å²) in [6.45, 7) is 1.95. The van der Waals surface area contributed by atoms with Crippen molar-refractivity contribution in [3.8, 4) is 0 Å². The molecule has 78 valence electrons. The highest BCUT2D eigenvalue weighted by Crippen LogP contribution is 2.20. The molecule has 0 saturated carbocycles. The Kier molecular flexibility index (Phi) is 2.41. The fourth-order valence-electron chi connectivity index (χ4n) is 1.67. The van der Waals surface area contributed by atoms with Gasteiger partial charge in [-0.2, -0.15) is 5.10 Å². The minimum atomic E-state index is -0.778. The minimum absolute atomic E-state index is 0.144. The van der Waals surface area contributed by atoms with E-state index in [0.717, 1.165) is 22.2 Å². The van der Waals surface area contributed by atoms with Crippen molar-refractivity contribution >= 4 is 16.9 Å². The van der Waals surface area contributed by atoms with Crippen molar-refractivity contribution in [2.45, 2.75) is 19.8 Å². The van der Waals surface area contributed by atoms with Gasteiger partial charge in [0.25, 0.3) is 0 Å². The Morgan fingerprint density at radius 1 is 1.53 bits per heavy atom. The van der Waals surface area contributed by atoms with E-state index in [1.807, 2.05) is 25.1 Å². The van der Waals surface area contributed by atoms with E-state index in [1.165, 1.54) is 0 Å². The lowest BCUT2D eigenvalue weighted by Crippen LogP contribution is -1.97. The first-order chi connectivity index (χ1) is 7.18. The molecule has 0 aliphatic carbocycles. The number of hydrogen-bond acceptors (Lipinski definition) is 2. The molecule has 0 aliphatic rings. The highest BCUT2D eigenvalue weighted by atomic mass is 16.4. The largest absolute Gasteiger partial charge is 0.481 e. The first-order valence-electron chi connectivity index (χ1n) is 4.83. The van der Waals surface area contributed by atoms with E-state index in [9.17, 15) is 4.79 Å². The average Bonchev–Trinajstić information content (AvgIpc) is 2.58. The number of nitrogens with one attached hydrogen (secondary N) is 1. The van der Waals surface area contributed by atoms with Crippen LogP contribution in [-0.2, 0) is 11.2 Å². The molecule has 0 spiro atoms. The van der Waals surface area contributed by atoms with Crippen molar-refractivity contribution in [1.29, 1.82) is 0 Å². The number of aromatic amines is 1. The highest BCUT2D eigenvalue weighted by molar-refractivity contribution is 5.84. The lowest BCUT2D eigenvalue weighted by atomic mass is 10.1. The molecule has 4 heteroatoms. The number of fused-ring (bicyclic) bond motifs is 1. The number of nitrogens with zero attached hydrogens (tertiary/aromatic N) is 1. The van der Waals surface area contributed by atoms with Gasteiger partial charge in [0.05, 0.1) is 5.52 Å². The van der Waals surface area contributed by atoms with Crippen LogP contribution < -0.4 is 0 Å². The molecule has 0 amide bonds. The number of H-pyrrole nitrogens is 1. The van der Waals surface area contributed by atoms with E-state index in [1.54, 1.807) is 0 Å². The maximum Gasteiger partial charge on any atom is 0.303 e. The first kappa shape index (κ1) is 9.71. The van der Waals surface area contributed by atoms with E-state index in [2.05, 4.69) is 10.2 Å². The van der Waals surface area contributed by atoms with Gasteiger partial charge in [0.1, 0.15) is 0 Å². The normalized spacial score (nSPS) is 10.7. The summed E-state index contributed by atoms with van der Waals surface area (Å²) >= 11 is 0. The van der Waals surface area contributed by atoms with Gasteiger partial charge in [-0.05, 0) is 18.9 Å². The zero-order valence-corrected chi connectivity index (χ0v) is 8.45. The number of carbonyl (C=O) groups is 1. The van der Waals surface area contributed by atoms with Crippen molar-refractivity contribution < 1.29 is 9.90 Å². The van der Waals surface area contributed by atoms with E-state index in [0.29, 0.717) is 6.42 Å². The van der Waals surface area contributed by atoms with Crippen molar-refractivity contribution in [1.82, 2.24) is 10.2 Å². The standard InChI is InChI=1S/C11H12N2O2/c1-7-9-4-2-3-8(5-6-10(14)15)11(9)13-12-7/h2-4H,5-6H2,1H3,(H,12,13)(H,14,15). The molecule has 0 atom stereocenters. The molecule has 0 saturated heterocycles. The van der Waals surface area contributed by atoms with Crippen molar-refractivity contribution in [3.63, 3.8) is 0 Å². The molecule has 2 N–H and O–H groups in total. The lowest BCUT2D eigenvalue weighted by Gasteiger charge is -1.99. The van der Waals surface area contributed by atoms with Crippen LogP contribution in [0.4, 0.5) is 0 Å². The molecule has 2 rings (SSSR count). The summed E-state index contributed by atoms with van der Waals surface area (Å²) in [4.78, 5) is 10.5. The van der Waals surface area contributed by atoms with Gasteiger partial charge >= 0.3 is 5.97 Å².